The van der Waals surface area contributed by atoms with E-state index in [-0.39, 0.29) is 6.04 Å². The topological polar surface area (TPSA) is 58.5 Å². The Balaban J connectivity index is 1.91. The van der Waals surface area contributed by atoms with E-state index in [1.165, 1.54) is 12.0 Å². The van der Waals surface area contributed by atoms with Gasteiger partial charge in [0.05, 0.1) is 6.04 Å². The molecule has 2 rings (SSSR count). The summed E-state index contributed by atoms with van der Waals surface area (Å²) in [6, 6.07) is 4.42. The van der Waals surface area contributed by atoms with E-state index in [0.717, 1.165) is 25.3 Å². The Morgan fingerprint density at radius 1 is 1.53 bits per heavy atom. The van der Waals surface area contributed by atoms with Crippen LogP contribution in [0.3, 0.4) is 0 Å². The maximum absolute atomic E-state index is 4.14. The monoisotopic (exact) mass is 233 g/mol. The maximum Gasteiger partial charge on any atom is 0.141 e. The van der Waals surface area contributed by atoms with E-state index in [9.17, 15) is 0 Å². The van der Waals surface area contributed by atoms with Gasteiger partial charge in [0.2, 0.25) is 0 Å². The molecule has 0 spiro atoms. The maximum atomic E-state index is 4.14. The number of hydrogen-bond acceptors (Lipinski definition) is 3. The van der Waals surface area contributed by atoms with Crippen LogP contribution in [0.2, 0.25) is 0 Å². The zero-order chi connectivity index (χ0) is 12.1. The predicted molar refractivity (Wildman–Crippen MR) is 66.4 cm³/mol. The third-order valence-electron chi connectivity index (χ3n) is 2.82. The Hall–Kier alpha value is -1.62. The van der Waals surface area contributed by atoms with Gasteiger partial charge in [-0.25, -0.2) is 4.98 Å². The molecule has 2 heterocycles. The minimum atomic E-state index is 0.183. The highest BCUT2D eigenvalue weighted by Crippen LogP contribution is 2.08. The Labute approximate surface area is 101 Å². The summed E-state index contributed by atoms with van der Waals surface area (Å²) in [4.78, 5) is 4.14. The minimum absolute atomic E-state index is 0.183. The van der Waals surface area contributed by atoms with E-state index in [1.807, 2.05) is 0 Å². The van der Waals surface area contributed by atoms with Crippen molar-refractivity contribution >= 4 is 0 Å². The van der Waals surface area contributed by atoms with Crippen molar-refractivity contribution in [3.63, 3.8) is 0 Å². The number of H-pyrrole nitrogens is 1. The molecule has 0 fully saturated rings. The molecule has 5 heteroatoms. The van der Waals surface area contributed by atoms with Crippen LogP contribution in [0.4, 0.5) is 0 Å². The average Bonchev–Trinajstić information content (AvgIpc) is 2.97. The predicted octanol–water partition coefficient (Wildman–Crippen LogP) is 1.87. The fourth-order valence-electron chi connectivity index (χ4n) is 1.85. The number of nitrogens with zero attached hydrogens (tertiary/aromatic N) is 3. The summed E-state index contributed by atoms with van der Waals surface area (Å²) in [5.74, 6) is 0.874. The van der Waals surface area contributed by atoms with Crippen molar-refractivity contribution in [1.82, 2.24) is 25.1 Å². The normalized spacial score (nSPS) is 12.8. The molecule has 5 nitrogen and oxygen atoms in total. The average molecular weight is 233 g/mol. The first-order valence-electron chi connectivity index (χ1n) is 6.04. The van der Waals surface area contributed by atoms with Gasteiger partial charge >= 0.3 is 0 Å². The summed E-state index contributed by atoms with van der Waals surface area (Å²) in [6.07, 6.45) is 4.81. The summed E-state index contributed by atoms with van der Waals surface area (Å²) in [5, 5.41) is 10.2. The lowest BCUT2D eigenvalue weighted by atomic mass is 10.3. The van der Waals surface area contributed by atoms with Gasteiger partial charge in [0, 0.05) is 25.0 Å². The van der Waals surface area contributed by atoms with Crippen molar-refractivity contribution in [3.8, 4) is 0 Å². The molecule has 0 aliphatic heterocycles. The molecule has 0 radical (unpaired) electrons. The quantitative estimate of drug-likeness (QED) is 0.800. The SMILES string of the molecule is CCCn1cccc1CNC(C)c1ncn[nH]1. The summed E-state index contributed by atoms with van der Waals surface area (Å²) >= 11 is 0. The highest BCUT2D eigenvalue weighted by atomic mass is 15.2. The van der Waals surface area contributed by atoms with E-state index in [0.29, 0.717) is 0 Å². The van der Waals surface area contributed by atoms with Gasteiger partial charge in [-0.2, -0.15) is 5.10 Å². The second-order valence-electron chi connectivity index (χ2n) is 4.17. The van der Waals surface area contributed by atoms with Gasteiger partial charge in [0.1, 0.15) is 12.2 Å². The minimum Gasteiger partial charge on any atom is -0.350 e. The van der Waals surface area contributed by atoms with E-state index in [4.69, 9.17) is 0 Å². The van der Waals surface area contributed by atoms with Crippen LogP contribution in [-0.2, 0) is 13.1 Å². The highest BCUT2D eigenvalue weighted by molar-refractivity contribution is 5.07. The lowest BCUT2D eigenvalue weighted by molar-refractivity contribution is 0.523. The first kappa shape index (κ1) is 11.9. The lowest BCUT2D eigenvalue weighted by Gasteiger charge is -2.13. The molecular formula is C12H19N5. The van der Waals surface area contributed by atoms with Crippen molar-refractivity contribution in [2.75, 3.05) is 0 Å². The second kappa shape index (κ2) is 5.63. The molecule has 2 aromatic rings. The smallest absolute Gasteiger partial charge is 0.141 e. The third kappa shape index (κ3) is 2.94. The number of aryl methyl sites for hydroxylation is 1. The summed E-state index contributed by atoms with van der Waals surface area (Å²) in [5.41, 5.74) is 1.30. The van der Waals surface area contributed by atoms with Gasteiger partial charge in [-0.1, -0.05) is 6.92 Å². The molecule has 0 saturated carbocycles. The van der Waals surface area contributed by atoms with Crippen LogP contribution in [0.1, 0.15) is 37.8 Å². The van der Waals surface area contributed by atoms with Gasteiger partial charge in [-0.05, 0) is 25.5 Å². The van der Waals surface area contributed by atoms with Crippen LogP contribution >= 0.6 is 0 Å². The molecule has 17 heavy (non-hydrogen) atoms. The van der Waals surface area contributed by atoms with Gasteiger partial charge < -0.3 is 9.88 Å². The summed E-state index contributed by atoms with van der Waals surface area (Å²) in [7, 11) is 0. The van der Waals surface area contributed by atoms with Crippen LogP contribution < -0.4 is 5.32 Å². The number of aromatic amines is 1. The molecule has 92 valence electrons. The summed E-state index contributed by atoms with van der Waals surface area (Å²) in [6.45, 7) is 6.18. The third-order valence-corrected chi connectivity index (χ3v) is 2.82. The van der Waals surface area contributed by atoms with Gasteiger partial charge in [0.15, 0.2) is 0 Å². The molecule has 2 N–H and O–H groups in total. The molecule has 2 aromatic heterocycles. The highest BCUT2D eigenvalue weighted by Gasteiger charge is 2.08. The number of nitrogens with one attached hydrogen (secondary N) is 2. The second-order valence-corrected chi connectivity index (χ2v) is 4.17. The molecule has 1 unspecified atom stereocenters. The molecular weight excluding hydrogens is 214 g/mol. The van der Waals surface area contributed by atoms with E-state index >= 15 is 0 Å². The van der Waals surface area contributed by atoms with E-state index in [2.05, 4.69) is 57.2 Å². The van der Waals surface area contributed by atoms with Crippen LogP contribution in [0.15, 0.2) is 24.7 Å². The van der Waals surface area contributed by atoms with Crippen LogP contribution in [0, 0.1) is 0 Å². The van der Waals surface area contributed by atoms with Crippen molar-refractivity contribution in [2.45, 2.75) is 39.4 Å². The fourth-order valence-corrected chi connectivity index (χ4v) is 1.85. The number of aromatic nitrogens is 4. The molecule has 0 aliphatic rings. The van der Waals surface area contributed by atoms with E-state index < -0.39 is 0 Å². The van der Waals surface area contributed by atoms with Crippen LogP contribution in [0.5, 0.6) is 0 Å². The fraction of sp³-hybridized carbons (Fsp3) is 0.500. The Kier molecular flexibility index (Phi) is 3.93. The largest absolute Gasteiger partial charge is 0.350 e. The Bertz CT molecular complexity index is 431. The molecule has 0 amide bonds. The molecule has 0 aromatic carbocycles. The Morgan fingerprint density at radius 3 is 3.12 bits per heavy atom. The van der Waals surface area contributed by atoms with Gasteiger partial charge in [-0.3, -0.25) is 5.10 Å². The van der Waals surface area contributed by atoms with Crippen LogP contribution in [-0.4, -0.2) is 19.7 Å². The van der Waals surface area contributed by atoms with Crippen molar-refractivity contribution < 1.29 is 0 Å². The summed E-state index contributed by atoms with van der Waals surface area (Å²) < 4.78 is 2.28. The molecule has 1 atom stereocenters. The first-order valence-corrected chi connectivity index (χ1v) is 6.04. The molecule has 0 aliphatic carbocycles. The number of hydrogen-bond donors (Lipinski definition) is 2. The van der Waals surface area contributed by atoms with Gasteiger partial charge in [-0.15, -0.1) is 0 Å². The lowest BCUT2D eigenvalue weighted by Crippen LogP contribution is -2.21. The van der Waals surface area contributed by atoms with Crippen LogP contribution in [0.25, 0.3) is 0 Å². The zero-order valence-corrected chi connectivity index (χ0v) is 10.3. The van der Waals surface area contributed by atoms with Crippen molar-refractivity contribution in [1.29, 1.82) is 0 Å². The standard InChI is InChI=1S/C12H19N5/c1-3-6-17-7-4-5-11(17)8-13-10(2)12-14-9-15-16-12/h4-5,7,9-10,13H,3,6,8H2,1-2H3,(H,14,15,16). The van der Waals surface area contributed by atoms with E-state index in [1.54, 1.807) is 0 Å². The molecule has 0 saturated heterocycles. The van der Waals surface area contributed by atoms with Gasteiger partial charge in [0.25, 0.3) is 0 Å². The molecule has 0 bridgehead atoms. The van der Waals surface area contributed by atoms with Crippen molar-refractivity contribution in [3.05, 3.63) is 36.2 Å². The number of rotatable bonds is 6. The zero-order valence-electron chi connectivity index (χ0n) is 10.3. The van der Waals surface area contributed by atoms with Crippen molar-refractivity contribution in [2.24, 2.45) is 0 Å². The Morgan fingerprint density at radius 2 is 2.41 bits per heavy atom. The first-order chi connectivity index (χ1) is 8.31.